The molecule has 2 aliphatic rings. The van der Waals surface area contributed by atoms with Crippen molar-refractivity contribution in [1.82, 2.24) is 9.03 Å². The second kappa shape index (κ2) is 4.01. The van der Waals surface area contributed by atoms with E-state index >= 15 is 0 Å². The van der Waals surface area contributed by atoms with E-state index in [9.17, 15) is 8.42 Å². The zero-order valence-corrected chi connectivity index (χ0v) is 9.83. The minimum absolute atomic E-state index is 0.0785. The largest absolute Gasteiger partial charge is 0.330 e. The van der Waals surface area contributed by atoms with E-state index in [1.807, 2.05) is 6.92 Å². The Bertz CT molecular complexity index is 326. The van der Waals surface area contributed by atoms with Crippen LogP contribution in [0.1, 0.15) is 26.2 Å². The molecule has 1 heterocycles. The molecule has 2 unspecified atom stereocenters. The quantitative estimate of drug-likeness (QED) is 0.697. The molecule has 0 radical (unpaired) electrons. The van der Waals surface area contributed by atoms with E-state index in [2.05, 4.69) is 4.72 Å². The number of nitrogens with one attached hydrogen (secondary N) is 1. The van der Waals surface area contributed by atoms with Crippen molar-refractivity contribution in [2.75, 3.05) is 13.1 Å². The molecule has 3 N–H and O–H groups in total. The smallest absolute Gasteiger partial charge is 0.279 e. The van der Waals surface area contributed by atoms with Gasteiger partial charge in [-0.05, 0) is 38.6 Å². The van der Waals surface area contributed by atoms with Crippen LogP contribution in [0.2, 0.25) is 0 Å². The molecule has 5 nitrogen and oxygen atoms in total. The molecule has 6 heteroatoms. The fourth-order valence-corrected chi connectivity index (χ4v) is 3.85. The molecule has 2 rings (SSSR count). The fraction of sp³-hybridized carbons (Fsp3) is 1.00. The van der Waals surface area contributed by atoms with Gasteiger partial charge in [-0.15, -0.1) is 0 Å². The molecule has 1 saturated heterocycles. The topological polar surface area (TPSA) is 75.4 Å². The van der Waals surface area contributed by atoms with Crippen LogP contribution in [0.4, 0.5) is 0 Å². The summed E-state index contributed by atoms with van der Waals surface area (Å²) in [4.78, 5) is 0. The molecular formula is C9H19N3O2S. The van der Waals surface area contributed by atoms with Crippen LogP contribution in [-0.2, 0) is 10.2 Å². The average molecular weight is 233 g/mol. The Balaban J connectivity index is 2.02. The Kier molecular flexibility index (Phi) is 3.03. The Morgan fingerprint density at radius 3 is 2.60 bits per heavy atom. The van der Waals surface area contributed by atoms with Gasteiger partial charge in [0.1, 0.15) is 0 Å². The summed E-state index contributed by atoms with van der Waals surface area (Å²) >= 11 is 0. The van der Waals surface area contributed by atoms with Crippen molar-refractivity contribution in [2.45, 2.75) is 38.3 Å². The second-order valence-electron chi connectivity index (χ2n) is 4.65. The molecule has 0 aromatic carbocycles. The molecular weight excluding hydrogens is 214 g/mol. The third-order valence-electron chi connectivity index (χ3n) is 3.14. The highest BCUT2D eigenvalue weighted by Gasteiger charge is 2.38. The maximum Gasteiger partial charge on any atom is 0.279 e. The van der Waals surface area contributed by atoms with Crippen molar-refractivity contribution in [3.8, 4) is 0 Å². The third-order valence-corrected chi connectivity index (χ3v) is 4.90. The molecule has 2 atom stereocenters. The summed E-state index contributed by atoms with van der Waals surface area (Å²) in [5, 5.41) is 0. The Morgan fingerprint density at radius 2 is 2.13 bits per heavy atom. The van der Waals surface area contributed by atoms with E-state index in [0.717, 1.165) is 19.3 Å². The maximum absolute atomic E-state index is 11.9. The number of nitrogens with two attached hydrogens (primary N) is 1. The van der Waals surface area contributed by atoms with Gasteiger partial charge in [-0.3, -0.25) is 0 Å². The van der Waals surface area contributed by atoms with Crippen molar-refractivity contribution in [2.24, 2.45) is 11.7 Å². The van der Waals surface area contributed by atoms with Crippen LogP contribution in [0.3, 0.4) is 0 Å². The van der Waals surface area contributed by atoms with E-state index in [-0.39, 0.29) is 12.1 Å². The van der Waals surface area contributed by atoms with Crippen LogP contribution < -0.4 is 10.5 Å². The Hall–Kier alpha value is -0.170. The van der Waals surface area contributed by atoms with Gasteiger partial charge in [-0.25, -0.2) is 0 Å². The van der Waals surface area contributed by atoms with Crippen molar-refractivity contribution >= 4 is 10.2 Å². The molecule has 0 bridgehead atoms. The molecule has 0 aromatic rings. The Labute approximate surface area is 91.2 Å². The first-order valence-corrected chi connectivity index (χ1v) is 6.96. The second-order valence-corrected chi connectivity index (χ2v) is 6.31. The van der Waals surface area contributed by atoms with E-state index in [1.54, 1.807) is 4.31 Å². The third kappa shape index (κ3) is 2.50. The minimum atomic E-state index is -3.26. The van der Waals surface area contributed by atoms with Gasteiger partial charge < -0.3 is 5.73 Å². The summed E-state index contributed by atoms with van der Waals surface area (Å²) in [5.74, 6) is 0.316. The van der Waals surface area contributed by atoms with Crippen molar-refractivity contribution < 1.29 is 8.42 Å². The van der Waals surface area contributed by atoms with Crippen LogP contribution in [-0.4, -0.2) is 37.9 Å². The molecule has 1 aliphatic heterocycles. The Morgan fingerprint density at radius 1 is 1.47 bits per heavy atom. The highest BCUT2D eigenvalue weighted by Crippen LogP contribution is 2.27. The number of hydrogen-bond acceptors (Lipinski definition) is 3. The molecule has 1 saturated carbocycles. The van der Waals surface area contributed by atoms with Gasteiger partial charge in [-0.1, -0.05) is 0 Å². The van der Waals surface area contributed by atoms with Gasteiger partial charge in [0.15, 0.2) is 0 Å². The van der Waals surface area contributed by atoms with Crippen LogP contribution >= 0.6 is 0 Å². The van der Waals surface area contributed by atoms with Crippen molar-refractivity contribution in [3.63, 3.8) is 0 Å². The molecule has 2 fully saturated rings. The summed E-state index contributed by atoms with van der Waals surface area (Å²) in [6.07, 6.45) is 2.83. The monoisotopic (exact) mass is 233 g/mol. The van der Waals surface area contributed by atoms with Crippen LogP contribution in [0, 0.1) is 5.92 Å². The normalized spacial score (nSPS) is 33.5. The number of hydrogen-bond donors (Lipinski definition) is 2. The van der Waals surface area contributed by atoms with Gasteiger partial charge in [0.25, 0.3) is 10.2 Å². The maximum atomic E-state index is 11.9. The lowest BCUT2D eigenvalue weighted by Gasteiger charge is -2.21. The summed E-state index contributed by atoms with van der Waals surface area (Å²) in [6, 6.07) is 0.258. The van der Waals surface area contributed by atoms with Crippen LogP contribution in [0.5, 0.6) is 0 Å². The summed E-state index contributed by atoms with van der Waals surface area (Å²) in [6.45, 7) is 3.08. The number of nitrogens with zero attached hydrogens (tertiary/aromatic N) is 1. The summed E-state index contributed by atoms with van der Waals surface area (Å²) < 4.78 is 28.1. The first kappa shape index (κ1) is 11.3. The zero-order chi connectivity index (χ0) is 11.1. The molecule has 0 aromatic heterocycles. The fourth-order valence-electron chi connectivity index (χ4n) is 2.09. The lowest BCUT2D eigenvalue weighted by atomic mass is 10.1. The van der Waals surface area contributed by atoms with Gasteiger partial charge in [0, 0.05) is 18.6 Å². The van der Waals surface area contributed by atoms with E-state index < -0.39 is 10.2 Å². The molecule has 0 amide bonds. The van der Waals surface area contributed by atoms with Crippen LogP contribution in [0.15, 0.2) is 0 Å². The lowest BCUT2D eigenvalue weighted by molar-refractivity contribution is 0.396. The van der Waals surface area contributed by atoms with E-state index in [0.29, 0.717) is 19.0 Å². The summed E-state index contributed by atoms with van der Waals surface area (Å²) in [7, 11) is -3.26. The average Bonchev–Trinajstić information content (AvgIpc) is 2.85. The first-order valence-electron chi connectivity index (χ1n) is 5.52. The van der Waals surface area contributed by atoms with Gasteiger partial charge in [-0.2, -0.15) is 17.4 Å². The molecule has 1 aliphatic carbocycles. The number of rotatable bonds is 4. The van der Waals surface area contributed by atoms with Crippen molar-refractivity contribution in [1.29, 1.82) is 0 Å². The first-order chi connectivity index (χ1) is 7.03. The molecule has 0 spiro atoms. The van der Waals surface area contributed by atoms with E-state index in [1.165, 1.54) is 0 Å². The standard InChI is InChI=1S/C9H19N3O2S/c1-7-4-8(5-10)6-12(7)15(13,14)11-9-2-3-9/h7-9,11H,2-6,10H2,1H3. The SMILES string of the molecule is CC1CC(CN)CN1S(=O)(=O)NC1CC1. The van der Waals surface area contributed by atoms with Crippen molar-refractivity contribution in [3.05, 3.63) is 0 Å². The van der Waals surface area contributed by atoms with Gasteiger partial charge in [0.2, 0.25) is 0 Å². The molecule has 88 valence electrons. The lowest BCUT2D eigenvalue weighted by Crippen LogP contribution is -2.43. The highest BCUT2D eigenvalue weighted by atomic mass is 32.2. The minimum Gasteiger partial charge on any atom is -0.330 e. The van der Waals surface area contributed by atoms with Crippen LogP contribution in [0.25, 0.3) is 0 Å². The summed E-state index contributed by atoms with van der Waals surface area (Å²) in [5.41, 5.74) is 5.57. The van der Waals surface area contributed by atoms with E-state index in [4.69, 9.17) is 5.73 Å². The van der Waals surface area contributed by atoms with Gasteiger partial charge in [0.05, 0.1) is 0 Å². The predicted octanol–water partition coefficient (Wildman–Crippen LogP) is -0.348. The predicted molar refractivity (Wildman–Crippen MR) is 58.4 cm³/mol. The highest BCUT2D eigenvalue weighted by molar-refractivity contribution is 7.87. The zero-order valence-electron chi connectivity index (χ0n) is 9.02. The van der Waals surface area contributed by atoms with Gasteiger partial charge >= 0.3 is 0 Å². The molecule has 15 heavy (non-hydrogen) atoms.